The van der Waals surface area contributed by atoms with Gasteiger partial charge in [0.05, 0.1) is 12.1 Å². The predicted molar refractivity (Wildman–Crippen MR) is 67.8 cm³/mol. The van der Waals surface area contributed by atoms with Gasteiger partial charge >= 0.3 is 0 Å². The summed E-state index contributed by atoms with van der Waals surface area (Å²) < 4.78 is 13.3. The molecular formula is C13H13FN2S. The van der Waals surface area contributed by atoms with Crippen molar-refractivity contribution in [1.29, 1.82) is 0 Å². The summed E-state index contributed by atoms with van der Waals surface area (Å²) in [6.07, 6.45) is 2.02. The average molecular weight is 248 g/mol. The molecule has 4 heteroatoms. The first-order valence-electron chi connectivity index (χ1n) is 6.08. The maximum Gasteiger partial charge on any atom is 0.160 e. The normalized spacial score (nSPS) is 29.7. The summed E-state index contributed by atoms with van der Waals surface area (Å²) in [6.45, 7) is 1.08. The summed E-state index contributed by atoms with van der Waals surface area (Å²) in [7, 11) is 0. The first-order valence-corrected chi connectivity index (χ1v) is 7.07. The average Bonchev–Trinajstić information content (AvgIpc) is 2.88. The first-order chi connectivity index (χ1) is 8.33. The fourth-order valence-corrected chi connectivity index (χ4v) is 4.23. The zero-order valence-corrected chi connectivity index (χ0v) is 10.2. The number of rotatable bonds is 0. The van der Waals surface area contributed by atoms with Crippen molar-refractivity contribution in [2.24, 2.45) is 4.99 Å². The molecule has 0 saturated carbocycles. The van der Waals surface area contributed by atoms with Gasteiger partial charge in [-0.1, -0.05) is 17.8 Å². The Morgan fingerprint density at radius 3 is 3.29 bits per heavy atom. The van der Waals surface area contributed by atoms with Crippen molar-refractivity contribution in [3.8, 4) is 0 Å². The summed E-state index contributed by atoms with van der Waals surface area (Å²) in [5.74, 6) is 1.02. The van der Waals surface area contributed by atoms with Crippen LogP contribution in [0.4, 0.5) is 4.39 Å². The van der Waals surface area contributed by atoms with Crippen LogP contribution in [0.1, 0.15) is 23.6 Å². The summed E-state index contributed by atoms with van der Waals surface area (Å²) in [6, 6.07) is 6.03. The van der Waals surface area contributed by atoms with Crippen molar-refractivity contribution in [3.05, 3.63) is 35.1 Å². The quantitative estimate of drug-likeness (QED) is 0.701. The summed E-state index contributed by atoms with van der Waals surface area (Å²) in [5.41, 5.74) is 2.48. The molecule has 88 valence electrons. The van der Waals surface area contributed by atoms with Crippen LogP contribution in [0.15, 0.2) is 23.2 Å². The van der Waals surface area contributed by atoms with Gasteiger partial charge in [0.2, 0.25) is 0 Å². The maximum absolute atomic E-state index is 13.3. The van der Waals surface area contributed by atoms with Crippen LogP contribution >= 0.6 is 11.8 Å². The number of nitrogens with zero attached hydrogens (tertiary/aromatic N) is 2. The number of hydrogen-bond acceptors (Lipinski definition) is 3. The van der Waals surface area contributed by atoms with E-state index in [1.165, 1.54) is 16.3 Å². The van der Waals surface area contributed by atoms with Gasteiger partial charge in [-0.15, -0.1) is 0 Å². The van der Waals surface area contributed by atoms with E-state index in [1.54, 1.807) is 12.1 Å². The maximum atomic E-state index is 13.3. The van der Waals surface area contributed by atoms with E-state index in [1.807, 2.05) is 17.8 Å². The fourth-order valence-electron chi connectivity index (χ4n) is 3.18. The minimum absolute atomic E-state index is 0.114. The van der Waals surface area contributed by atoms with Gasteiger partial charge in [0.1, 0.15) is 5.82 Å². The number of halogens is 1. The summed E-state index contributed by atoms with van der Waals surface area (Å²) >= 11 is 1.86. The van der Waals surface area contributed by atoms with Crippen LogP contribution in [-0.4, -0.2) is 28.4 Å². The SMILES string of the molecule is Fc1ccc2c(c1)CC[C@@H]1N=C3SCCN3[C@@H]21. The van der Waals surface area contributed by atoms with E-state index < -0.39 is 0 Å². The van der Waals surface area contributed by atoms with E-state index in [0.29, 0.717) is 12.1 Å². The molecule has 0 bridgehead atoms. The Labute approximate surface area is 104 Å². The molecule has 1 saturated heterocycles. The van der Waals surface area contributed by atoms with Gasteiger partial charge in [-0.3, -0.25) is 4.99 Å². The van der Waals surface area contributed by atoms with Crippen molar-refractivity contribution in [1.82, 2.24) is 4.90 Å². The van der Waals surface area contributed by atoms with Gasteiger partial charge in [-0.2, -0.15) is 0 Å². The molecule has 3 aliphatic rings. The molecule has 2 nitrogen and oxygen atoms in total. The van der Waals surface area contributed by atoms with Gasteiger partial charge < -0.3 is 4.90 Å². The molecule has 0 radical (unpaired) electrons. The van der Waals surface area contributed by atoms with Gasteiger partial charge in [0.25, 0.3) is 0 Å². The lowest BCUT2D eigenvalue weighted by Gasteiger charge is -2.32. The standard InChI is InChI=1S/C13H13FN2S/c14-9-2-3-10-8(7-9)1-4-11-12(10)16-5-6-17-13(16)15-11/h2-3,7,11-12H,1,4-6H2/t11-,12-/m0/s1. The Bertz CT molecular complexity index is 514. The molecule has 1 aliphatic carbocycles. The lowest BCUT2D eigenvalue weighted by molar-refractivity contribution is 0.308. The highest BCUT2D eigenvalue weighted by Crippen LogP contribution is 2.44. The van der Waals surface area contributed by atoms with Crippen LogP contribution < -0.4 is 0 Å². The summed E-state index contributed by atoms with van der Waals surface area (Å²) in [4.78, 5) is 7.21. The van der Waals surface area contributed by atoms with Crippen molar-refractivity contribution < 1.29 is 4.39 Å². The van der Waals surface area contributed by atoms with Crippen molar-refractivity contribution in [2.45, 2.75) is 24.9 Å². The second-order valence-corrected chi connectivity index (χ2v) is 5.91. The number of thioether (sulfide) groups is 1. The van der Waals surface area contributed by atoms with Gasteiger partial charge in [-0.25, -0.2) is 4.39 Å². The molecule has 0 spiro atoms. The number of benzene rings is 1. The third kappa shape index (κ3) is 1.36. The van der Waals surface area contributed by atoms with Crippen LogP contribution in [0.25, 0.3) is 0 Å². The van der Waals surface area contributed by atoms with E-state index in [4.69, 9.17) is 4.99 Å². The molecule has 2 aliphatic heterocycles. The van der Waals surface area contributed by atoms with E-state index in [0.717, 1.165) is 25.1 Å². The number of hydrogen-bond donors (Lipinski definition) is 0. The third-order valence-corrected chi connectivity index (χ3v) is 4.90. The number of fused-ring (bicyclic) bond motifs is 5. The zero-order chi connectivity index (χ0) is 11.4. The Morgan fingerprint density at radius 2 is 2.35 bits per heavy atom. The molecule has 1 aromatic rings. The van der Waals surface area contributed by atoms with Gasteiger partial charge in [0.15, 0.2) is 5.17 Å². The highest BCUT2D eigenvalue weighted by molar-refractivity contribution is 8.14. The van der Waals surface area contributed by atoms with Crippen LogP contribution in [0, 0.1) is 5.82 Å². The molecule has 0 N–H and O–H groups in total. The second kappa shape index (κ2) is 3.48. The van der Waals surface area contributed by atoms with Gasteiger partial charge in [-0.05, 0) is 36.1 Å². The van der Waals surface area contributed by atoms with E-state index in [2.05, 4.69) is 4.90 Å². The second-order valence-electron chi connectivity index (χ2n) is 4.85. The molecule has 4 rings (SSSR count). The van der Waals surface area contributed by atoms with E-state index in [-0.39, 0.29) is 5.82 Å². The van der Waals surface area contributed by atoms with Crippen molar-refractivity contribution in [2.75, 3.05) is 12.3 Å². The Hall–Kier alpha value is -1.03. The number of aliphatic imine (C=N–C) groups is 1. The third-order valence-electron chi connectivity index (χ3n) is 3.92. The molecule has 0 unspecified atom stereocenters. The smallest absolute Gasteiger partial charge is 0.160 e. The monoisotopic (exact) mass is 248 g/mol. The zero-order valence-electron chi connectivity index (χ0n) is 9.40. The topological polar surface area (TPSA) is 15.6 Å². The lowest BCUT2D eigenvalue weighted by Crippen LogP contribution is -2.33. The highest BCUT2D eigenvalue weighted by Gasteiger charge is 2.42. The molecule has 0 amide bonds. The molecule has 0 aromatic heterocycles. The molecule has 1 fully saturated rings. The summed E-state index contributed by atoms with van der Waals surface area (Å²) in [5, 5.41) is 1.21. The van der Waals surface area contributed by atoms with Crippen molar-refractivity contribution >= 4 is 16.9 Å². The van der Waals surface area contributed by atoms with E-state index >= 15 is 0 Å². The lowest BCUT2D eigenvalue weighted by atomic mass is 9.84. The number of amidine groups is 1. The predicted octanol–water partition coefficient (Wildman–Crippen LogP) is 2.60. The molecule has 2 atom stereocenters. The number of aryl methyl sites for hydroxylation is 1. The molecule has 1 aromatic carbocycles. The molecule has 2 heterocycles. The van der Waals surface area contributed by atoms with Crippen molar-refractivity contribution in [3.63, 3.8) is 0 Å². The van der Waals surface area contributed by atoms with Crippen LogP contribution in [0.5, 0.6) is 0 Å². The fraction of sp³-hybridized carbons (Fsp3) is 0.462. The Balaban J connectivity index is 1.81. The van der Waals surface area contributed by atoms with E-state index in [9.17, 15) is 4.39 Å². The largest absolute Gasteiger partial charge is 0.341 e. The van der Waals surface area contributed by atoms with Crippen LogP contribution in [0.2, 0.25) is 0 Å². The Kier molecular flexibility index (Phi) is 2.04. The van der Waals surface area contributed by atoms with Crippen LogP contribution in [0.3, 0.4) is 0 Å². The molecule has 17 heavy (non-hydrogen) atoms. The highest BCUT2D eigenvalue weighted by atomic mass is 32.2. The Morgan fingerprint density at radius 1 is 1.41 bits per heavy atom. The minimum atomic E-state index is -0.114. The van der Waals surface area contributed by atoms with Crippen LogP contribution in [-0.2, 0) is 6.42 Å². The minimum Gasteiger partial charge on any atom is -0.341 e. The van der Waals surface area contributed by atoms with Gasteiger partial charge in [0, 0.05) is 12.3 Å². The first kappa shape index (κ1) is 9.95. The molecular weight excluding hydrogens is 235 g/mol.